The number of aromatic nitrogens is 1. The zero-order valence-corrected chi connectivity index (χ0v) is 25.0. The third-order valence-electron chi connectivity index (χ3n) is 6.49. The second-order valence-corrected chi connectivity index (χ2v) is 13.5. The van der Waals surface area contributed by atoms with Crippen LogP contribution in [0.15, 0.2) is 10.5 Å². The van der Waals surface area contributed by atoms with Crippen LogP contribution in [0.1, 0.15) is 26.5 Å². The van der Waals surface area contributed by atoms with Crippen LogP contribution in [0.3, 0.4) is 0 Å². The summed E-state index contributed by atoms with van der Waals surface area (Å²) in [5.74, 6) is -2.25. The summed E-state index contributed by atoms with van der Waals surface area (Å²) in [5, 5.41) is 7.81. The van der Waals surface area contributed by atoms with E-state index in [0.29, 0.717) is 0 Å². The molecule has 220 valence electrons. The van der Waals surface area contributed by atoms with Gasteiger partial charge in [-0.05, 0) is 27.0 Å². The maximum Gasteiger partial charge on any atom is 0.321 e. The molecule has 0 aromatic carbocycles. The van der Waals surface area contributed by atoms with Gasteiger partial charge in [0.05, 0.1) is 16.6 Å². The van der Waals surface area contributed by atoms with Crippen molar-refractivity contribution in [2.45, 2.75) is 42.9 Å². The van der Waals surface area contributed by atoms with Crippen molar-refractivity contribution in [1.82, 2.24) is 15.2 Å². The fourth-order valence-corrected chi connectivity index (χ4v) is 7.98. The van der Waals surface area contributed by atoms with Gasteiger partial charge < -0.3 is 39.7 Å². The normalized spacial score (nSPS) is 28.4. The summed E-state index contributed by atoms with van der Waals surface area (Å²) >= 11 is 3.85. The van der Waals surface area contributed by atoms with E-state index >= 15 is 0 Å². The lowest BCUT2D eigenvalue weighted by Gasteiger charge is -2.57. The van der Waals surface area contributed by atoms with E-state index in [1.165, 1.54) is 35.5 Å². The van der Waals surface area contributed by atoms with E-state index in [0.717, 1.165) is 11.3 Å². The number of β-lactam (4-membered cyclic amide) rings is 1. The Morgan fingerprint density at radius 2 is 2.10 bits per heavy atom. The van der Waals surface area contributed by atoms with Gasteiger partial charge in [0, 0.05) is 11.9 Å². The number of esters is 2. The first-order chi connectivity index (χ1) is 18.9. The number of oxime groups is 1. The van der Waals surface area contributed by atoms with Gasteiger partial charge in [-0.2, -0.15) is 0 Å². The van der Waals surface area contributed by atoms with Crippen LogP contribution in [0.2, 0.25) is 0 Å². The lowest BCUT2D eigenvalue weighted by Crippen LogP contribution is -2.76. The number of nitrogens with zero attached hydrogens (tertiary/aromatic N) is 3. The van der Waals surface area contributed by atoms with Crippen molar-refractivity contribution >= 4 is 69.5 Å². The number of nitrogens with one attached hydrogen (secondary N) is 1. The highest BCUT2D eigenvalue weighted by atomic mass is 32.2. The second-order valence-electron chi connectivity index (χ2n) is 10.1. The SMILES string of the molecule is CON=C(C(=O)NC1C(=O)N2CC(C(=O)OCOC(=O)C(C)(C)C)(C3COCO3)C(SC)S[C@H]12)c1csc(N)n1. The number of anilines is 1. The first-order valence-corrected chi connectivity index (χ1v) is 15.2. The number of ether oxygens (including phenoxy) is 4. The highest BCUT2D eigenvalue weighted by molar-refractivity contribution is 8.17. The molecule has 1 aromatic rings. The molecule has 0 bridgehead atoms. The van der Waals surface area contributed by atoms with Crippen molar-refractivity contribution in [2.24, 2.45) is 16.0 Å². The minimum Gasteiger partial charge on any atom is -0.427 e. The number of hydrogen-bond donors (Lipinski definition) is 2. The van der Waals surface area contributed by atoms with E-state index in [-0.39, 0.29) is 36.5 Å². The van der Waals surface area contributed by atoms with Gasteiger partial charge in [-0.15, -0.1) is 34.9 Å². The monoisotopic (exact) mass is 617 g/mol. The standard InChI is InChI=1S/C23H31N5O9S3/c1-22(2,3)18(31)36-10-37-19(32)23(12-6-34-9-35-12)8-28-16(30)14(17(28)40-20(23)38-5)26-15(29)13(27-33-4)11-7-39-21(24)25-11/h7,12,14,17,20H,6,8-10H2,1-5H3,(H2,24,25)(H,26,29)/t12?,14?,17-,20?,23?/m1/s1. The highest BCUT2D eigenvalue weighted by Crippen LogP contribution is 2.54. The summed E-state index contributed by atoms with van der Waals surface area (Å²) < 4.78 is 21.3. The van der Waals surface area contributed by atoms with Crippen LogP contribution in [0.5, 0.6) is 0 Å². The summed E-state index contributed by atoms with van der Waals surface area (Å²) in [6.45, 7) is 4.55. The predicted octanol–water partition coefficient (Wildman–Crippen LogP) is 0.614. The minimum absolute atomic E-state index is 0.0106. The van der Waals surface area contributed by atoms with E-state index in [9.17, 15) is 19.2 Å². The van der Waals surface area contributed by atoms with Crippen LogP contribution in [0.4, 0.5) is 5.13 Å². The Morgan fingerprint density at radius 3 is 2.67 bits per heavy atom. The van der Waals surface area contributed by atoms with Gasteiger partial charge in [0.25, 0.3) is 5.91 Å². The molecule has 0 radical (unpaired) electrons. The van der Waals surface area contributed by atoms with Crippen LogP contribution in [-0.2, 0) is 43.0 Å². The van der Waals surface area contributed by atoms with E-state index in [1.807, 2.05) is 6.26 Å². The Labute approximate surface area is 243 Å². The smallest absolute Gasteiger partial charge is 0.321 e. The number of nitrogens with two attached hydrogens (primary N) is 1. The fourth-order valence-electron chi connectivity index (χ4n) is 4.41. The number of hydrogen-bond acceptors (Lipinski definition) is 15. The molecule has 3 saturated heterocycles. The van der Waals surface area contributed by atoms with E-state index in [1.54, 1.807) is 26.2 Å². The van der Waals surface area contributed by atoms with Gasteiger partial charge in [0.15, 0.2) is 10.8 Å². The average Bonchev–Trinajstić information content (AvgIpc) is 3.61. The predicted molar refractivity (Wildman–Crippen MR) is 147 cm³/mol. The molecular weight excluding hydrogens is 586 g/mol. The van der Waals surface area contributed by atoms with Gasteiger partial charge in [-0.3, -0.25) is 19.2 Å². The van der Waals surface area contributed by atoms with Gasteiger partial charge in [0.2, 0.25) is 12.7 Å². The topological polar surface area (TPSA) is 181 Å². The van der Waals surface area contributed by atoms with Crippen molar-refractivity contribution in [2.75, 3.05) is 45.8 Å². The molecule has 3 aliphatic rings. The molecule has 4 heterocycles. The summed E-state index contributed by atoms with van der Waals surface area (Å²) in [7, 11) is 1.29. The molecule has 4 rings (SSSR count). The molecule has 3 aliphatic heterocycles. The van der Waals surface area contributed by atoms with E-state index < -0.39 is 63.5 Å². The molecule has 17 heteroatoms. The first-order valence-electron chi connectivity index (χ1n) is 12.1. The van der Waals surface area contributed by atoms with Crippen molar-refractivity contribution < 1.29 is 43.0 Å². The van der Waals surface area contributed by atoms with Crippen LogP contribution >= 0.6 is 34.9 Å². The Kier molecular flexibility index (Phi) is 9.18. The number of thiazole rings is 1. The second kappa shape index (κ2) is 12.1. The summed E-state index contributed by atoms with van der Waals surface area (Å²) in [6, 6.07) is -0.882. The Morgan fingerprint density at radius 1 is 1.35 bits per heavy atom. The zero-order chi connectivity index (χ0) is 29.2. The van der Waals surface area contributed by atoms with E-state index in [4.69, 9.17) is 29.5 Å². The molecule has 2 amide bonds. The lowest BCUT2D eigenvalue weighted by molar-refractivity contribution is -0.186. The Bertz CT molecular complexity index is 1180. The summed E-state index contributed by atoms with van der Waals surface area (Å²) in [5.41, 5.74) is 3.69. The number of fused-ring (bicyclic) bond motifs is 1. The lowest BCUT2D eigenvalue weighted by atomic mass is 9.81. The molecule has 0 spiro atoms. The zero-order valence-electron chi connectivity index (χ0n) is 22.5. The number of carbonyl (C=O) groups excluding carboxylic acids is 4. The van der Waals surface area contributed by atoms with Crippen molar-refractivity contribution in [3.05, 3.63) is 11.1 Å². The first kappa shape index (κ1) is 30.4. The van der Waals surface area contributed by atoms with Crippen LogP contribution < -0.4 is 11.1 Å². The maximum absolute atomic E-state index is 13.6. The van der Waals surface area contributed by atoms with Crippen molar-refractivity contribution in [3.63, 3.8) is 0 Å². The summed E-state index contributed by atoms with van der Waals surface area (Å²) in [4.78, 5) is 62.5. The number of amides is 2. The van der Waals surface area contributed by atoms with Crippen LogP contribution in [-0.4, -0.2) is 102 Å². The van der Waals surface area contributed by atoms with Crippen molar-refractivity contribution in [3.8, 4) is 0 Å². The number of nitrogen functional groups attached to an aromatic ring is 1. The quantitative estimate of drug-likeness (QED) is 0.129. The maximum atomic E-state index is 13.6. The molecule has 1 aromatic heterocycles. The van der Waals surface area contributed by atoms with Crippen molar-refractivity contribution in [1.29, 1.82) is 0 Å². The van der Waals surface area contributed by atoms with Gasteiger partial charge in [-0.1, -0.05) is 5.16 Å². The molecule has 0 aliphatic carbocycles. The van der Waals surface area contributed by atoms with Gasteiger partial charge in [-0.25, -0.2) is 4.98 Å². The third kappa shape index (κ3) is 5.74. The Balaban J connectivity index is 1.51. The molecule has 14 nitrogen and oxygen atoms in total. The largest absolute Gasteiger partial charge is 0.427 e. The van der Waals surface area contributed by atoms with E-state index in [2.05, 4.69) is 15.5 Å². The molecule has 3 N–H and O–H groups in total. The minimum atomic E-state index is -1.32. The number of thioether (sulfide) groups is 2. The molecule has 4 unspecified atom stereocenters. The molecular formula is C23H31N5O9S3. The Hall–Kier alpha value is -2.60. The molecule has 0 saturated carbocycles. The van der Waals surface area contributed by atoms with Crippen LogP contribution in [0, 0.1) is 10.8 Å². The van der Waals surface area contributed by atoms with Crippen LogP contribution in [0.25, 0.3) is 0 Å². The molecule has 40 heavy (non-hydrogen) atoms. The molecule has 3 fully saturated rings. The summed E-state index contributed by atoms with van der Waals surface area (Å²) in [6.07, 6.45) is 1.12. The van der Waals surface area contributed by atoms with Gasteiger partial charge >= 0.3 is 11.9 Å². The third-order valence-corrected chi connectivity index (χ3v) is 10.4. The fraction of sp³-hybridized carbons (Fsp3) is 0.652. The molecule has 5 atom stereocenters. The van der Waals surface area contributed by atoms with Gasteiger partial charge in [0.1, 0.15) is 42.5 Å². The number of rotatable bonds is 9. The highest BCUT2D eigenvalue weighted by Gasteiger charge is 2.65. The number of carbonyl (C=O) groups is 4. The average molecular weight is 618 g/mol.